The van der Waals surface area contributed by atoms with Crippen molar-refractivity contribution in [3.8, 4) is 0 Å². The number of fused-ring (bicyclic) bond motifs is 1. The summed E-state index contributed by atoms with van der Waals surface area (Å²) in [4.78, 5) is 14.1. The van der Waals surface area contributed by atoms with Gasteiger partial charge in [0, 0.05) is 21.8 Å². The molecule has 94 valence electrons. The van der Waals surface area contributed by atoms with E-state index >= 15 is 0 Å². The van der Waals surface area contributed by atoms with Crippen molar-refractivity contribution in [2.24, 2.45) is 0 Å². The van der Waals surface area contributed by atoms with E-state index in [0.29, 0.717) is 6.42 Å². The Morgan fingerprint density at radius 3 is 2.63 bits per heavy atom. The number of aryl methyl sites for hydroxylation is 1. The number of allylic oxidation sites excluding steroid dienone is 1. The maximum atomic E-state index is 11.7. The monoisotopic (exact) mass is 266 g/mol. The zero-order valence-electron chi connectivity index (χ0n) is 10.8. The molecule has 3 rings (SSSR count). The summed E-state index contributed by atoms with van der Waals surface area (Å²) in [5, 5.41) is 0. The molecule has 0 radical (unpaired) electrons. The fourth-order valence-electron chi connectivity index (χ4n) is 2.32. The van der Waals surface area contributed by atoms with Gasteiger partial charge in [-0.2, -0.15) is 0 Å². The number of carbonyl (C=O) groups excluding carboxylic acids is 1. The van der Waals surface area contributed by atoms with E-state index < -0.39 is 0 Å². The van der Waals surface area contributed by atoms with Crippen molar-refractivity contribution in [3.63, 3.8) is 0 Å². The maximum absolute atomic E-state index is 11.7. The van der Waals surface area contributed by atoms with Crippen LogP contribution >= 0.6 is 11.8 Å². The van der Waals surface area contributed by atoms with Gasteiger partial charge in [0.05, 0.1) is 0 Å². The molecule has 0 spiro atoms. The van der Waals surface area contributed by atoms with Gasteiger partial charge < -0.3 is 0 Å². The van der Waals surface area contributed by atoms with Crippen LogP contribution in [0.4, 0.5) is 0 Å². The molecule has 2 aromatic carbocycles. The van der Waals surface area contributed by atoms with Gasteiger partial charge in [-0.3, -0.25) is 4.79 Å². The zero-order chi connectivity index (χ0) is 13.4. The Bertz CT molecular complexity index is 685. The standard InChI is InChI=1S/C17H14OS/c1-11-4-3-5-13(8-11)19-14-6-7-15-16(10-14)12(2)9-17(15)18/h3-8,10H,2,9H2,1H3. The average Bonchev–Trinajstić information content (AvgIpc) is 2.65. The van der Waals surface area contributed by atoms with E-state index in [1.807, 2.05) is 12.1 Å². The molecule has 1 nitrogen and oxygen atoms in total. The van der Waals surface area contributed by atoms with Gasteiger partial charge in [0.2, 0.25) is 0 Å². The van der Waals surface area contributed by atoms with Gasteiger partial charge in [-0.25, -0.2) is 0 Å². The minimum Gasteiger partial charge on any atom is -0.294 e. The molecule has 0 unspecified atom stereocenters. The molecule has 2 heteroatoms. The van der Waals surface area contributed by atoms with Crippen molar-refractivity contribution in [1.29, 1.82) is 0 Å². The lowest BCUT2D eigenvalue weighted by molar-refractivity contribution is 0.100. The highest BCUT2D eigenvalue weighted by Gasteiger charge is 2.22. The lowest BCUT2D eigenvalue weighted by Gasteiger charge is -2.05. The fraction of sp³-hybridized carbons (Fsp3) is 0.118. The molecule has 0 fully saturated rings. The van der Waals surface area contributed by atoms with Crippen molar-refractivity contribution < 1.29 is 4.79 Å². The number of rotatable bonds is 2. The maximum Gasteiger partial charge on any atom is 0.167 e. The highest BCUT2D eigenvalue weighted by atomic mass is 32.2. The SMILES string of the molecule is C=C1CC(=O)c2ccc(Sc3cccc(C)c3)cc21. The molecule has 19 heavy (non-hydrogen) atoms. The van der Waals surface area contributed by atoms with E-state index in [9.17, 15) is 4.79 Å². The third-order valence-corrected chi connectivity index (χ3v) is 4.25. The number of hydrogen-bond acceptors (Lipinski definition) is 2. The third kappa shape index (κ3) is 2.36. The van der Waals surface area contributed by atoms with Crippen LogP contribution in [0.5, 0.6) is 0 Å². The quantitative estimate of drug-likeness (QED) is 0.780. The molecular formula is C17H14OS. The first kappa shape index (κ1) is 12.2. The van der Waals surface area contributed by atoms with Gasteiger partial charge in [0.25, 0.3) is 0 Å². The van der Waals surface area contributed by atoms with Gasteiger partial charge in [0.15, 0.2) is 5.78 Å². The number of carbonyl (C=O) groups is 1. The largest absolute Gasteiger partial charge is 0.294 e. The smallest absolute Gasteiger partial charge is 0.167 e. The molecular weight excluding hydrogens is 252 g/mol. The summed E-state index contributed by atoms with van der Waals surface area (Å²) in [5.74, 6) is 0.187. The molecule has 0 bridgehead atoms. The normalized spacial score (nSPS) is 13.7. The second-order valence-electron chi connectivity index (χ2n) is 4.83. The molecule has 0 saturated heterocycles. The van der Waals surface area contributed by atoms with E-state index in [1.165, 1.54) is 10.5 Å². The van der Waals surface area contributed by atoms with Crippen LogP contribution in [-0.2, 0) is 0 Å². The van der Waals surface area contributed by atoms with Crippen LogP contribution in [-0.4, -0.2) is 5.78 Å². The highest BCUT2D eigenvalue weighted by molar-refractivity contribution is 7.99. The van der Waals surface area contributed by atoms with Gasteiger partial charge in [0.1, 0.15) is 0 Å². The Morgan fingerprint density at radius 1 is 1.05 bits per heavy atom. The second kappa shape index (κ2) is 4.71. The Balaban J connectivity index is 1.93. The summed E-state index contributed by atoms with van der Waals surface area (Å²) in [6.45, 7) is 6.07. The minimum absolute atomic E-state index is 0.187. The third-order valence-electron chi connectivity index (χ3n) is 3.27. The van der Waals surface area contributed by atoms with Gasteiger partial charge >= 0.3 is 0 Å². The number of Topliss-reactive ketones (excluding diaryl/α,β-unsaturated/α-hetero) is 1. The zero-order valence-corrected chi connectivity index (χ0v) is 11.6. The van der Waals surface area contributed by atoms with Crippen LogP contribution in [0.3, 0.4) is 0 Å². The molecule has 0 aromatic heterocycles. The number of hydrogen-bond donors (Lipinski definition) is 0. The summed E-state index contributed by atoms with van der Waals surface area (Å²) in [5.41, 5.74) is 4.03. The van der Waals surface area contributed by atoms with Crippen molar-refractivity contribution in [2.45, 2.75) is 23.1 Å². The van der Waals surface area contributed by atoms with E-state index in [1.54, 1.807) is 11.8 Å². The van der Waals surface area contributed by atoms with E-state index in [0.717, 1.165) is 21.6 Å². The predicted molar refractivity (Wildman–Crippen MR) is 79.7 cm³/mol. The van der Waals surface area contributed by atoms with Crippen LogP contribution in [0.1, 0.15) is 27.9 Å². The molecule has 0 saturated carbocycles. The molecule has 1 aliphatic carbocycles. The summed E-state index contributed by atoms with van der Waals surface area (Å²) in [7, 11) is 0. The Kier molecular flexibility index (Phi) is 3.03. The van der Waals surface area contributed by atoms with Crippen LogP contribution in [0.25, 0.3) is 5.57 Å². The lowest BCUT2D eigenvalue weighted by Crippen LogP contribution is -1.90. The summed E-state index contributed by atoms with van der Waals surface area (Å²) in [6.07, 6.45) is 0.466. The lowest BCUT2D eigenvalue weighted by atomic mass is 10.1. The number of ketones is 1. The summed E-state index contributed by atoms with van der Waals surface area (Å²) >= 11 is 1.72. The molecule has 0 amide bonds. The van der Waals surface area contributed by atoms with E-state index in [4.69, 9.17) is 0 Å². The fourth-order valence-corrected chi connectivity index (χ4v) is 3.30. The Labute approximate surface area is 117 Å². The first-order valence-corrected chi connectivity index (χ1v) is 7.05. The molecule has 0 N–H and O–H groups in total. The summed E-state index contributed by atoms with van der Waals surface area (Å²) < 4.78 is 0. The molecule has 0 aliphatic heterocycles. The molecule has 0 atom stereocenters. The summed E-state index contributed by atoms with van der Waals surface area (Å²) in [6, 6.07) is 14.4. The molecule has 2 aromatic rings. The topological polar surface area (TPSA) is 17.1 Å². The van der Waals surface area contributed by atoms with E-state index in [2.05, 4.69) is 43.8 Å². The van der Waals surface area contributed by atoms with Crippen LogP contribution in [0.15, 0.2) is 58.8 Å². The van der Waals surface area contributed by atoms with Gasteiger partial charge in [-0.15, -0.1) is 0 Å². The van der Waals surface area contributed by atoms with Crippen LogP contribution in [0, 0.1) is 6.92 Å². The highest BCUT2D eigenvalue weighted by Crippen LogP contribution is 2.36. The second-order valence-corrected chi connectivity index (χ2v) is 5.98. The Morgan fingerprint density at radius 2 is 1.84 bits per heavy atom. The Hall–Kier alpha value is -1.80. The van der Waals surface area contributed by atoms with Crippen LogP contribution < -0.4 is 0 Å². The average molecular weight is 266 g/mol. The van der Waals surface area contributed by atoms with Crippen molar-refractivity contribution in [3.05, 3.63) is 65.7 Å². The van der Waals surface area contributed by atoms with Gasteiger partial charge in [-0.1, -0.05) is 36.0 Å². The van der Waals surface area contributed by atoms with Crippen molar-refractivity contribution in [2.75, 3.05) is 0 Å². The first-order chi connectivity index (χ1) is 9.13. The van der Waals surface area contributed by atoms with Gasteiger partial charge in [-0.05, 0) is 48.4 Å². The minimum atomic E-state index is 0.187. The molecule has 1 aliphatic rings. The molecule has 0 heterocycles. The number of benzene rings is 2. The predicted octanol–water partition coefficient (Wildman–Crippen LogP) is 4.75. The van der Waals surface area contributed by atoms with Crippen molar-refractivity contribution >= 4 is 23.1 Å². The van der Waals surface area contributed by atoms with Crippen LogP contribution in [0.2, 0.25) is 0 Å². The van der Waals surface area contributed by atoms with Crippen molar-refractivity contribution in [1.82, 2.24) is 0 Å². The first-order valence-electron chi connectivity index (χ1n) is 6.23. The van der Waals surface area contributed by atoms with E-state index in [-0.39, 0.29) is 5.78 Å².